The lowest BCUT2D eigenvalue weighted by Crippen LogP contribution is -2.33. The van der Waals surface area contributed by atoms with E-state index in [2.05, 4.69) is 10.5 Å². The molecular weight excluding hydrogens is 568 g/mol. The van der Waals surface area contributed by atoms with E-state index in [-0.39, 0.29) is 34.1 Å². The van der Waals surface area contributed by atoms with Gasteiger partial charge in [-0.1, -0.05) is 53.6 Å². The van der Waals surface area contributed by atoms with Crippen LogP contribution in [0.5, 0.6) is 5.75 Å². The fourth-order valence-electron chi connectivity index (χ4n) is 3.93. The van der Waals surface area contributed by atoms with Gasteiger partial charge in [-0.15, -0.1) is 0 Å². The molecule has 1 N–H and O–H groups in total. The number of hydrogen-bond acceptors (Lipinski definition) is 7. The number of rotatable bonds is 10. The van der Waals surface area contributed by atoms with Gasteiger partial charge in [0.15, 0.2) is 5.75 Å². The predicted octanol–water partition coefficient (Wildman–Crippen LogP) is 5.72. The van der Waals surface area contributed by atoms with Crippen molar-refractivity contribution in [2.45, 2.75) is 18.4 Å². The third-order valence-electron chi connectivity index (χ3n) is 6.05. The minimum Gasteiger partial charge on any atom is -0.490 e. The molecule has 210 valence electrons. The maximum absolute atomic E-state index is 13.9. The highest BCUT2D eigenvalue weighted by Crippen LogP contribution is 2.30. The Labute approximate surface area is 242 Å². The van der Waals surface area contributed by atoms with E-state index >= 15 is 0 Å². The highest BCUT2D eigenvalue weighted by atomic mass is 35.5. The minimum absolute atomic E-state index is 0.0509. The van der Waals surface area contributed by atoms with E-state index in [0.717, 1.165) is 9.87 Å². The quantitative estimate of drug-likeness (QED) is 0.142. The van der Waals surface area contributed by atoms with Crippen molar-refractivity contribution < 1.29 is 22.9 Å². The first-order chi connectivity index (χ1) is 19.6. The van der Waals surface area contributed by atoms with E-state index in [1.54, 1.807) is 48.5 Å². The monoisotopic (exact) mass is 592 g/mol. The Morgan fingerprint density at radius 2 is 1.73 bits per heavy atom. The topological polar surface area (TPSA) is 131 Å². The summed E-state index contributed by atoms with van der Waals surface area (Å²) in [6.07, 6.45) is 1.24. The van der Waals surface area contributed by atoms with Crippen molar-refractivity contribution in [3.05, 3.63) is 128 Å². The maximum Gasteiger partial charge on any atom is 0.311 e. The van der Waals surface area contributed by atoms with Crippen molar-refractivity contribution >= 4 is 45.1 Å². The molecule has 4 aromatic carbocycles. The second-order valence-electron chi connectivity index (χ2n) is 8.86. The molecule has 0 radical (unpaired) electrons. The Hall–Kier alpha value is -4.74. The van der Waals surface area contributed by atoms with Gasteiger partial charge in [-0.3, -0.25) is 19.2 Å². The van der Waals surface area contributed by atoms with Crippen LogP contribution in [0.25, 0.3) is 0 Å². The Bertz CT molecular complexity index is 1710. The lowest BCUT2D eigenvalue weighted by molar-refractivity contribution is -0.385. The number of ether oxygens (including phenoxy) is 1. The number of hydrogen-bond donors (Lipinski definition) is 1. The van der Waals surface area contributed by atoms with Gasteiger partial charge in [-0.2, -0.15) is 5.10 Å². The fraction of sp³-hybridized carbons (Fsp3) is 0.103. The zero-order chi connectivity index (χ0) is 29.6. The number of amides is 1. The molecule has 0 saturated carbocycles. The molecule has 4 rings (SSSR count). The Kier molecular flexibility index (Phi) is 9.00. The van der Waals surface area contributed by atoms with Gasteiger partial charge in [0.25, 0.3) is 15.9 Å². The number of sulfonamides is 1. The number of nitro benzene ring substituents is 1. The first-order valence-electron chi connectivity index (χ1n) is 12.2. The summed E-state index contributed by atoms with van der Waals surface area (Å²) >= 11 is 6.03. The van der Waals surface area contributed by atoms with Crippen LogP contribution in [0, 0.1) is 17.0 Å². The van der Waals surface area contributed by atoms with Crippen LogP contribution in [-0.2, 0) is 16.6 Å². The first-order valence-corrected chi connectivity index (χ1v) is 14.0. The second-order valence-corrected chi connectivity index (χ2v) is 11.2. The van der Waals surface area contributed by atoms with Crippen molar-refractivity contribution in [3.8, 4) is 5.75 Å². The smallest absolute Gasteiger partial charge is 0.311 e. The number of nitrogens with one attached hydrogen (secondary N) is 1. The number of nitrogens with zero attached hydrogens (tertiary/aromatic N) is 3. The zero-order valence-corrected chi connectivity index (χ0v) is 23.6. The molecule has 12 heteroatoms. The van der Waals surface area contributed by atoms with Crippen LogP contribution in [0.15, 0.2) is 101 Å². The van der Waals surface area contributed by atoms with Crippen LogP contribution < -0.4 is 14.5 Å². The number of benzene rings is 4. The van der Waals surface area contributed by atoms with Crippen molar-refractivity contribution in [3.63, 3.8) is 0 Å². The van der Waals surface area contributed by atoms with E-state index in [4.69, 9.17) is 16.3 Å². The van der Waals surface area contributed by atoms with Crippen LogP contribution in [0.2, 0.25) is 5.02 Å². The molecular formula is C29H25ClN4O6S. The summed E-state index contributed by atoms with van der Waals surface area (Å²) in [5.41, 5.74) is 4.20. The molecule has 0 bridgehead atoms. The molecule has 0 saturated heterocycles. The Balaban J connectivity index is 1.68. The average Bonchev–Trinajstić information content (AvgIpc) is 2.97. The number of para-hydroxylation sites is 1. The molecule has 0 unspecified atom stereocenters. The van der Waals surface area contributed by atoms with E-state index in [1.165, 1.54) is 55.8 Å². The van der Waals surface area contributed by atoms with Gasteiger partial charge >= 0.3 is 5.69 Å². The van der Waals surface area contributed by atoms with Gasteiger partial charge in [-0.25, -0.2) is 13.8 Å². The van der Waals surface area contributed by atoms with Crippen LogP contribution in [-0.4, -0.2) is 32.6 Å². The SMILES string of the molecule is COc1ccc(/C=N\NC(=O)c2ccccc2N(Cc2ccc(Cl)cc2)S(=O)(=O)c2ccc(C)cc2)cc1[N+](=O)[O-]. The molecule has 0 fully saturated rings. The van der Waals surface area contributed by atoms with Gasteiger partial charge in [0.2, 0.25) is 0 Å². The maximum atomic E-state index is 13.9. The number of methoxy groups -OCH3 is 1. The summed E-state index contributed by atoms with van der Waals surface area (Å²) in [7, 11) is -2.79. The van der Waals surface area contributed by atoms with E-state index in [0.29, 0.717) is 16.1 Å². The number of carbonyl (C=O) groups excluding carboxylic acids is 1. The van der Waals surface area contributed by atoms with Gasteiger partial charge in [0.05, 0.1) is 40.9 Å². The van der Waals surface area contributed by atoms with Crippen molar-refractivity contribution in [2.24, 2.45) is 5.10 Å². The Morgan fingerprint density at radius 3 is 2.39 bits per heavy atom. The molecule has 41 heavy (non-hydrogen) atoms. The summed E-state index contributed by atoms with van der Waals surface area (Å²) < 4.78 is 34.0. The molecule has 0 aromatic heterocycles. The van der Waals surface area contributed by atoms with Gasteiger partial charge in [-0.05, 0) is 61.0 Å². The summed E-state index contributed by atoms with van der Waals surface area (Å²) in [5, 5.41) is 15.7. The highest BCUT2D eigenvalue weighted by Gasteiger charge is 2.28. The largest absolute Gasteiger partial charge is 0.490 e. The number of hydrazone groups is 1. The third kappa shape index (κ3) is 6.89. The lowest BCUT2D eigenvalue weighted by Gasteiger charge is -2.26. The molecule has 0 aliphatic rings. The van der Waals surface area contributed by atoms with Crippen LogP contribution >= 0.6 is 11.6 Å². The van der Waals surface area contributed by atoms with Crippen molar-refractivity contribution in [1.29, 1.82) is 0 Å². The normalized spacial score (nSPS) is 11.3. The molecule has 4 aromatic rings. The van der Waals surface area contributed by atoms with Gasteiger partial charge in [0, 0.05) is 16.7 Å². The predicted molar refractivity (Wildman–Crippen MR) is 157 cm³/mol. The van der Waals surface area contributed by atoms with E-state index < -0.39 is 20.9 Å². The molecule has 0 heterocycles. The first kappa shape index (κ1) is 29.2. The molecule has 0 spiro atoms. The number of carbonyl (C=O) groups is 1. The van der Waals surface area contributed by atoms with E-state index in [1.807, 2.05) is 6.92 Å². The van der Waals surface area contributed by atoms with Crippen LogP contribution in [0.4, 0.5) is 11.4 Å². The van der Waals surface area contributed by atoms with E-state index in [9.17, 15) is 23.3 Å². The lowest BCUT2D eigenvalue weighted by atomic mass is 10.1. The number of halogens is 1. The number of nitro groups is 1. The fourth-order valence-corrected chi connectivity index (χ4v) is 5.53. The minimum atomic E-state index is -4.11. The molecule has 0 atom stereocenters. The molecule has 0 aliphatic carbocycles. The summed E-state index contributed by atoms with van der Waals surface area (Å²) in [6.45, 7) is 1.78. The number of aryl methyl sites for hydroxylation is 1. The standard InChI is InChI=1S/C29H25ClN4O6S/c1-20-7-14-24(15-8-20)41(38,39)33(19-21-9-12-23(30)13-10-21)26-6-4-3-5-25(26)29(35)32-31-18-22-11-16-28(40-2)27(17-22)34(36)37/h3-18H,19H2,1-2H3,(H,32,35)/b31-18-. The average molecular weight is 593 g/mol. The summed E-state index contributed by atoms with van der Waals surface area (Å²) in [6, 6.07) is 23.6. The second kappa shape index (κ2) is 12.6. The molecule has 1 amide bonds. The third-order valence-corrected chi connectivity index (χ3v) is 8.07. The Morgan fingerprint density at radius 1 is 1.05 bits per heavy atom. The van der Waals surface area contributed by atoms with Crippen molar-refractivity contribution in [1.82, 2.24) is 5.43 Å². The van der Waals surface area contributed by atoms with Gasteiger partial charge in [0.1, 0.15) is 0 Å². The van der Waals surface area contributed by atoms with Gasteiger partial charge < -0.3 is 4.74 Å². The van der Waals surface area contributed by atoms with Crippen molar-refractivity contribution in [2.75, 3.05) is 11.4 Å². The van der Waals surface area contributed by atoms with Crippen LogP contribution in [0.3, 0.4) is 0 Å². The zero-order valence-electron chi connectivity index (χ0n) is 22.0. The summed E-state index contributed by atoms with van der Waals surface area (Å²) in [5.74, 6) is -0.597. The number of anilines is 1. The molecule has 0 aliphatic heterocycles. The molecule has 10 nitrogen and oxygen atoms in total. The highest BCUT2D eigenvalue weighted by molar-refractivity contribution is 7.92. The summed E-state index contributed by atoms with van der Waals surface area (Å²) in [4.78, 5) is 24.0. The van der Waals surface area contributed by atoms with Crippen LogP contribution in [0.1, 0.15) is 27.0 Å².